The van der Waals surface area contributed by atoms with Gasteiger partial charge in [0.1, 0.15) is 12.4 Å². The number of aromatic nitrogens is 4. The van der Waals surface area contributed by atoms with Crippen LogP contribution in [0.2, 0.25) is 0 Å². The third-order valence-corrected chi connectivity index (χ3v) is 5.34. The van der Waals surface area contributed by atoms with E-state index in [4.69, 9.17) is 4.98 Å². The van der Waals surface area contributed by atoms with E-state index >= 15 is 0 Å². The number of nitrogens with zero attached hydrogens (tertiary/aromatic N) is 5. The molecule has 3 aromatic rings. The first kappa shape index (κ1) is 19.3. The molecule has 1 N–H and O–H groups in total. The van der Waals surface area contributed by atoms with Crippen molar-refractivity contribution in [1.82, 2.24) is 29.7 Å². The van der Waals surface area contributed by atoms with Crippen LogP contribution in [0.3, 0.4) is 0 Å². The topological polar surface area (TPSA) is 75.9 Å². The first-order valence-corrected chi connectivity index (χ1v) is 10.1. The zero-order valence-electron chi connectivity index (χ0n) is 16.6. The van der Waals surface area contributed by atoms with Crippen LogP contribution in [0.15, 0.2) is 61.3 Å². The number of nitrogens with one attached hydrogen (secondary N) is 1. The predicted molar refractivity (Wildman–Crippen MR) is 110 cm³/mol. The van der Waals surface area contributed by atoms with Crippen LogP contribution in [0.1, 0.15) is 49.5 Å². The van der Waals surface area contributed by atoms with Gasteiger partial charge in [-0.1, -0.05) is 36.8 Å². The highest BCUT2D eigenvalue weighted by molar-refractivity contribution is 5.83. The third-order valence-electron chi connectivity index (χ3n) is 5.34. The summed E-state index contributed by atoms with van der Waals surface area (Å²) >= 11 is 0. The van der Waals surface area contributed by atoms with E-state index in [-0.39, 0.29) is 11.9 Å². The van der Waals surface area contributed by atoms with E-state index in [0.29, 0.717) is 11.6 Å². The van der Waals surface area contributed by atoms with Crippen LogP contribution in [-0.2, 0) is 4.79 Å². The third kappa shape index (κ3) is 4.51. The van der Waals surface area contributed by atoms with Gasteiger partial charge in [-0.15, -0.1) is 0 Å². The molecule has 1 fully saturated rings. The Balaban J connectivity index is 1.61. The molecule has 1 amide bonds. The number of amides is 1. The van der Waals surface area contributed by atoms with Gasteiger partial charge in [0.05, 0.1) is 11.7 Å². The van der Waals surface area contributed by atoms with Crippen molar-refractivity contribution in [2.24, 2.45) is 0 Å². The predicted octanol–water partition coefficient (Wildman–Crippen LogP) is 3.07. The van der Waals surface area contributed by atoms with Gasteiger partial charge in [-0.25, -0.2) is 15.0 Å². The second-order valence-corrected chi connectivity index (χ2v) is 7.39. The molecule has 0 spiro atoms. The number of likely N-dealkylation sites (tertiary alicyclic amines) is 1. The molecule has 2 aromatic heterocycles. The van der Waals surface area contributed by atoms with E-state index < -0.39 is 6.04 Å². The standard InChI is InChI=1S/C22H26N6O/c1-17(18-8-4-2-5-9-18)25-21(29)20(27-13-6-3-7-14-27)19-10-11-24-22(26-19)28-15-12-23-16-28/h2,4-5,8-12,15-17,20H,3,6-7,13-14H2,1H3,(H,25,29). The molecule has 150 valence electrons. The van der Waals surface area contributed by atoms with Crippen molar-refractivity contribution >= 4 is 5.91 Å². The fraction of sp³-hybridized carbons (Fsp3) is 0.364. The normalized spacial score (nSPS) is 16.9. The fourth-order valence-electron chi connectivity index (χ4n) is 3.80. The number of carbonyl (C=O) groups excluding carboxylic acids is 1. The lowest BCUT2D eigenvalue weighted by Gasteiger charge is -2.34. The quantitative estimate of drug-likeness (QED) is 0.700. The summed E-state index contributed by atoms with van der Waals surface area (Å²) in [6.45, 7) is 3.79. The minimum atomic E-state index is -0.438. The zero-order chi connectivity index (χ0) is 20.1. The van der Waals surface area contributed by atoms with E-state index in [1.54, 1.807) is 29.5 Å². The lowest BCUT2D eigenvalue weighted by atomic mass is 10.0. The Labute approximate surface area is 170 Å². The number of benzene rings is 1. The summed E-state index contributed by atoms with van der Waals surface area (Å²) < 4.78 is 1.75. The van der Waals surface area contributed by atoms with Crippen LogP contribution in [0.4, 0.5) is 0 Å². The number of piperidine rings is 1. The van der Waals surface area contributed by atoms with Gasteiger partial charge in [0.25, 0.3) is 0 Å². The van der Waals surface area contributed by atoms with Crippen molar-refractivity contribution in [3.8, 4) is 5.95 Å². The summed E-state index contributed by atoms with van der Waals surface area (Å²) in [4.78, 5) is 28.7. The van der Waals surface area contributed by atoms with Gasteiger partial charge >= 0.3 is 0 Å². The lowest BCUT2D eigenvalue weighted by molar-refractivity contribution is -0.128. The first-order chi connectivity index (χ1) is 14.2. The molecule has 0 bridgehead atoms. The molecule has 0 saturated carbocycles. The van der Waals surface area contributed by atoms with Crippen LogP contribution in [0, 0.1) is 0 Å². The van der Waals surface area contributed by atoms with Crippen molar-refractivity contribution in [1.29, 1.82) is 0 Å². The van der Waals surface area contributed by atoms with E-state index in [2.05, 4.69) is 20.2 Å². The second kappa shape index (κ2) is 8.96. The molecule has 1 aliphatic heterocycles. The Morgan fingerprint density at radius 3 is 2.59 bits per heavy atom. The van der Waals surface area contributed by atoms with Crippen molar-refractivity contribution in [2.45, 2.75) is 38.3 Å². The maximum atomic E-state index is 13.4. The number of hydrogen-bond acceptors (Lipinski definition) is 5. The highest BCUT2D eigenvalue weighted by Crippen LogP contribution is 2.25. The lowest BCUT2D eigenvalue weighted by Crippen LogP contribution is -2.44. The minimum Gasteiger partial charge on any atom is -0.348 e. The first-order valence-electron chi connectivity index (χ1n) is 10.1. The van der Waals surface area contributed by atoms with Crippen molar-refractivity contribution in [3.05, 3.63) is 72.6 Å². The highest BCUT2D eigenvalue weighted by atomic mass is 16.2. The molecule has 2 unspecified atom stereocenters. The molecule has 0 radical (unpaired) electrons. The second-order valence-electron chi connectivity index (χ2n) is 7.39. The minimum absolute atomic E-state index is 0.0291. The molecular weight excluding hydrogens is 364 g/mol. The summed E-state index contributed by atoms with van der Waals surface area (Å²) in [5.41, 5.74) is 1.79. The molecule has 1 saturated heterocycles. The van der Waals surface area contributed by atoms with Crippen LogP contribution < -0.4 is 5.32 Å². The Morgan fingerprint density at radius 1 is 1.07 bits per heavy atom. The molecule has 2 atom stereocenters. The molecule has 4 rings (SSSR count). The summed E-state index contributed by atoms with van der Waals surface area (Å²) in [6, 6.07) is 11.3. The Morgan fingerprint density at radius 2 is 1.86 bits per heavy atom. The van der Waals surface area contributed by atoms with Gasteiger partial charge in [0.15, 0.2) is 0 Å². The van der Waals surface area contributed by atoms with Gasteiger partial charge in [0, 0.05) is 18.6 Å². The molecule has 1 aromatic carbocycles. The summed E-state index contributed by atoms with van der Waals surface area (Å²) in [7, 11) is 0. The maximum Gasteiger partial charge on any atom is 0.244 e. The van der Waals surface area contributed by atoms with Gasteiger partial charge in [-0.2, -0.15) is 0 Å². The molecule has 1 aliphatic rings. The summed E-state index contributed by atoms with van der Waals surface area (Å²) in [6.07, 6.45) is 10.2. The average Bonchev–Trinajstić information content (AvgIpc) is 3.31. The van der Waals surface area contributed by atoms with E-state index in [1.807, 2.05) is 43.3 Å². The van der Waals surface area contributed by atoms with E-state index in [0.717, 1.165) is 31.5 Å². The fourth-order valence-corrected chi connectivity index (χ4v) is 3.80. The van der Waals surface area contributed by atoms with Crippen molar-refractivity contribution < 1.29 is 4.79 Å². The number of hydrogen-bond donors (Lipinski definition) is 1. The zero-order valence-corrected chi connectivity index (χ0v) is 16.6. The summed E-state index contributed by atoms with van der Waals surface area (Å²) in [5, 5.41) is 3.19. The van der Waals surface area contributed by atoms with Gasteiger partial charge in [-0.3, -0.25) is 14.3 Å². The van der Waals surface area contributed by atoms with Gasteiger partial charge in [-0.05, 0) is 44.5 Å². The number of imidazole rings is 1. The van der Waals surface area contributed by atoms with Crippen LogP contribution >= 0.6 is 0 Å². The van der Waals surface area contributed by atoms with E-state index in [9.17, 15) is 4.79 Å². The smallest absolute Gasteiger partial charge is 0.244 e. The Bertz CT molecular complexity index is 921. The van der Waals surface area contributed by atoms with Gasteiger partial charge in [0.2, 0.25) is 11.9 Å². The van der Waals surface area contributed by atoms with Crippen molar-refractivity contribution in [3.63, 3.8) is 0 Å². The molecule has 0 aliphatic carbocycles. The monoisotopic (exact) mass is 390 g/mol. The average molecular weight is 390 g/mol. The molecule has 29 heavy (non-hydrogen) atoms. The highest BCUT2D eigenvalue weighted by Gasteiger charge is 2.31. The van der Waals surface area contributed by atoms with Gasteiger partial charge < -0.3 is 5.32 Å². The van der Waals surface area contributed by atoms with Crippen LogP contribution in [0.5, 0.6) is 0 Å². The largest absolute Gasteiger partial charge is 0.348 e. The van der Waals surface area contributed by atoms with E-state index in [1.165, 1.54) is 6.42 Å². The van der Waals surface area contributed by atoms with Crippen LogP contribution in [-0.4, -0.2) is 43.4 Å². The molecule has 3 heterocycles. The van der Waals surface area contributed by atoms with Crippen molar-refractivity contribution in [2.75, 3.05) is 13.1 Å². The number of rotatable bonds is 6. The molecular formula is C22H26N6O. The summed E-state index contributed by atoms with van der Waals surface area (Å²) in [5.74, 6) is 0.490. The Hall–Kier alpha value is -3.06. The SMILES string of the molecule is CC(NC(=O)C(c1ccnc(-n2ccnc2)n1)N1CCCCC1)c1ccccc1. The molecule has 7 heteroatoms. The maximum absolute atomic E-state index is 13.4. The Kier molecular flexibility index (Phi) is 5.95. The number of carbonyl (C=O) groups is 1. The van der Waals surface area contributed by atoms with Crippen LogP contribution in [0.25, 0.3) is 5.95 Å². The molecule has 7 nitrogen and oxygen atoms in total.